The minimum atomic E-state index is -0.0317. The molecule has 0 aliphatic heterocycles. The van der Waals surface area contributed by atoms with Crippen LogP contribution in [0.2, 0.25) is 0 Å². The van der Waals surface area contributed by atoms with Crippen molar-refractivity contribution in [2.75, 3.05) is 0 Å². The van der Waals surface area contributed by atoms with Gasteiger partial charge in [-0.05, 0) is 17.7 Å². The minimum absolute atomic E-state index is 0.0317. The number of rotatable bonds is 3. The van der Waals surface area contributed by atoms with Crippen molar-refractivity contribution in [3.05, 3.63) is 60.6 Å². The summed E-state index contributed by atoms with van der Waals surface area (Å²) in [5.41, 5.74) is 8.75. The van der Waals surface area contributed by atoms with Gasteiger partial charge in [0.25, 0.3) is 0 Å². The van der Waals surface area contributed by atoms with Gasteiger partial charge >= 0.3 is 0 Å². The van der Waals surface area contributed by atoms with Gasteiger partial charge < -0.3 is 5.73 Å². The Bertz CT molecular complexity index is 802. The first kappa shape index (κ1) is 12.1. The molecule has 0 saturated heterocycles. The molecule has 0 fully saturated rings. The van der Waals surface area contributed by atoms with Gasteiger partial charge in [-0.15, -0.1) is 5.10 Å². The van der Waals surface area contributed by atoms with Crippen molar-refractivity contribution in [2.24, 2.45) is 5.73 Å². The van der Waals surface area contributed by atoms with Crippen molar-refractivity contribution in [3.8, 4) is 11.1 Å². The van der Waals surface area contributed by atoms with Crippen LogP contribution in [0, 0.1) is 5.41 Å². The minimum Gasteiger partial charge on any atom is -0.384 e. The van der Waals surface area contributed by atoms with Crippen LogP contribution in [-0.4, -0.2) is 20.4 Å². The van der Waals surface area contributed by atoms with Crippen LogP contribution in [0.3, 0.4) is 0 Å². The maximum Gasteiger partial charge on any atom is 0.174 e. The van der Waals surface area contributed by atoms with Crippen LogP contribution in [0.1, 0.15) is 11.4 Å². The number of fused-ring (bicyclic) bond motifs is 1. The molecule has 0 unspecified atom stereocenters. The van der Waals surface area contributed by atoms with Crippen molar-refractivity contribution < 1.29 is 0 Å². The van der Waals surface area contributed by atoms with Crippen molar-refractivity contribution in [3.63, 3.8) is 0 Å². The summed E-state index contributed by atoms with van der Waals surface area (Å²) < 4.78 is 1.64. The summed E-state index contributed by atoms with van der Waals surface area (Å²) in [7, 11) is 0. The summed E-state index contributed by atoms with van der Waals surface area (Å²) in [5, 5.41) is 12.0. The summed E-state index contributed by atoms with van der Waals surface area (Å²) in [6.45, 7) is 3.66. The molecule has 0 saturated carbocycles. The predicted octanol–water partition coefficient (Wildman–Crippen LogP) is 2.32. The molecule has 0 aliphatic carbocycles. The first-order valence-corrected chi connectivity index (χ1v) is 6.11. The van der Waals surface area contributed by atoms with Gasteiger partial charge in [-0.1, -0.05) is 36.9 Å². The molecule has 3 N–H and O–H groups in total. The van der Waals surface area contributed by atoms with Crippen LogP contribution in [-0.2, 0) is 0 Å². The maximum absolute atomic E-state index is 7.71. The van der Waals surface area contributed by atoms with Crippen LogP contribution in [0.4, 0.5) is 0 Å². The number of hydrogen-bond acceptors (Lipinski definition) is 3. The van der Waals surface area contributed by atoms with E-state index >= 15 is 0 Å². The lowest BCUT2D eigenvalue weighted by Gasteiger charge is -2.06. The Labute approximate surface area is 115 Å². The van der Waals surface area contributed by atoms with Crippen molar-refractivity contribution in [2.45, 2.75) is 0 Å². The van der Waals surface area contributed by atoms with Crippen LogP contribution in [0.15, 0.2) is 49.2 Å². The highest BCUT2D eigenvalue weighted by Crippen LogP contribution is 2.22. The molecule has 0 radical (unpaired) electrons. The third kappa shape index (κ3) is 1.95. The van der Waals surface area contributed by atoms with Gasteiger partial charge in [0.15, 0.2) is 11.5 Å². The lowest BCUT2D eigenvalue weighted by Crippen LogP contribution is -2.13. The monoisotopic (exact) mass is 263 g/mol. The number of nitrogens with two attached hydrogens (primary N) is 1. The quantitative estimate of drug-likeness (QED) is 0.562. The largest absolute Gasteiger partial charge is 0.384 e. The van der Waals surface area contributed by atoms with E-state index in [-0.39, 0.29) is 5.84 Å². The van der Waals surface area contributed by atoms with E-state index in [0.29, 0.717) is 17.0 Å². The molecule has 0 amide bonds. The fourth-order valence-electron chi connectivity index (χ4n) is 2.08. The molecular weight excluding hydrogens is 250 g/mol. The van der Waals surface area contributed by atoms with Gasteiger partial charge in [0.05, 0.1) is 5.56 Å². The SMILES string of the molecule is C=Cc1nc2c(C(=N)N)cc(-c3ccccc3)cn2n1. The molecule has 98 valence electrons. The Balaban J connectivity index is 2.30. The highest BCUT2D eigenvalue weighted by atomic mass is 15.3. The second kappa shape index (κ2) is 4.62. The summed E-state index contributed by atoms with van der Waals surface area (Å²) in [5.74, 6) is 0.480. The Kier molecular flexibility index (Phi) is 2.80. The zero-order valence-corrected chi connectivity index (χ0v) is 10.7. The highest BCUT2D eigenvalue weighted by Gasteiger charge is 2.11. The Morgan fingerprint density at radius 1 is 1.25 bits per heavy atom. The highest BCUT2D eigenvalue weighted by molar-refractivity contribution is 6.01. The number of nitrogens with one attached hydrogen (secondary N) is 1. The van der Waals surface area contributed by atoms with Gasteiger partial charge in [0.1, 0.15) is 5.84 Å². The second-order valence-electron chi connectivity index (χ2n) is 4.36. The smallest absolute Gasteiger partial charge is 0.174 e. The average molecular weight is 263 g/mol. The molecule has 0 bridgehead atoms. The summed E-state index contributed by atoms with van der Waals surface area (Å²) in [6.07, 6.45) is 3.44. The Morgan fingerprint density at radius 2 is 2.00 bits per heavy atom. The average Bonchev–Trinajstić information content (AvgIpc) is 2.89. The topological polar surface area (TPSA) is 80.1 Å². The summed E-state index contributed by atoms with van der Waals surface area (Å²) >= 11 is 0. The number of aromatic nitrogens is 3. The van der Waals surface area contributed by atoms with Gasteiger partial charge in [0, 0.05) is 11.8 Å². The lowest BCUT2D eigenvalue weighted by molar-refractivity contribution is 0.953. The van der Waals surface area contributed by atoms with Crippen LogP contribution >= 0.6 is 0 Å². The molecule has 0 spiro atoms. The van der Waals surface area contributed by atoms with E-state index in [4.69, 9.17) is 11.1 Å². The first-order chi connectivity index (χ1) is 9.69. The van der Waals surface area contributed by atoms with Crippen molar-refractivity contribution in [1.29, 1.82) is 5.41 Å². The Hall–Kier alpha value is -2.95. The number of nitrogens with zero attached hydrogens (tertiary/aromatic N) is 3. The molecule has 3 rings (SSSR count). The molecular formula is C15H13N5. The lowest BCUT2D eigenvalue weighted by atomic mass is 10.1. The molecule has 0 aliphatic rings. The molecule has 2 aromatic heterocycles. The predicted molar refractivity (Wildman–Crippen MR) is 79.5 cm³/mol. The van der Waals surface area contributed by atoms with Crippen molar-refractivity contribution >= 4 is 17.6 Å². The van der Waals surface area contributed by atoms with E-state index in [9.17, 15) is 0 Å². The number of nitrogen functional groups attached to an aromatic ring is 1. The van der Waals surface area contributed by atoms with E-state index < -0.39 is 0 Å². The summed E-state index contributed by atoms with van der Waals surface area (Å²) in [4.78, 5) is 4.30. The summed E-state index contributed by atoms with van der Waals surface area (Å²) in [6, 6.07) is 11.7. The number of amidine groups is 1. The zero-order chi connectivity index (χ0) is 14.1. The van der Waals surface area contributed by atoms with E-state index in [2.05, 4.69) is 16.7 Å². The fourth-order valence-corrected chi connectivity index (χ4v) is 2.08. The first-order valence-electron chi connectivity index (χ1n) is 6.11. The van der Waals surface area contributed by atoms with E-state index in [1.807, 2.05) is 42.6 Å². The number of benzene rings is 1. The van der Waals surface area contributed by atoms with Gasteiger partial charge in [-0.2, -0.15) is 0 Å². The molecule has 5 heteroatoms. The molecule has 2 heterocycles. The van der Waals surface area contributed by atoms with E-state index in [1.54, 1.807) is 10.6 Å². The number of hydrogen-bond donors (Lipinski definition) is 2. The van der Waals surface area contributed by atoms with Gasteiger partial charge in [0.2, 0.25) is 0 Å². The second-order valence-corrected chi connectivity index (χ2v) is 4.36. The van der Waals surface area contributed by atoms with Crippen LogP contribution < -0.4 is 5.73 Å². The Morgan fingerprint density at radius 3 is 2.65 bits per heavy atom. The molecule has 20 heavy (non-hydrogen) atoms. The zero-order valence-electron chi connectivity index (χ0n) is 10.7. The van der Waals surface area contributed by atoms with E-state index in [1.165, 1.54) is 0 Å². The standard InChI is InChI=1S/C15H13N5/c1-2-13-18-15-12(14(16)17)8-11(9-20(15)19-13)10-6-4-3-5-7-10/h2-9H,1H2,(H3,16,17). The normalized spacial score (nSPS) is 10.6. The van der Waals surface area contributed by atoms with E-state index in [0.717, 1.165) is 11.1 Å². The van der Waals surface area contributed by atoms with Crippen molar-refractivity contribution in [1.82, 2.24) is 14.6 Å². The number of pyridine rings is 1. The maximum atomic E-state index is 7.71. The molecule has 3 aromatic rings. The van der Waals surface area contributed by atoms with Crippen LogP contribution in [0.25, 0.3) is 22.9 Å². The fraction of sp³-hybridized carbons (Fsp3) is 0. The molecule has 5 nitrogen and oxygen atoms in total. The molecule has 0 atom stereocenters. The third-order valence-electron chi connectivity index (χ3n) is 3.03. The van der Waals surface area contributed by atoms with Crippen LogP contribution in [0.5, 0.6) is 0 Å². The molecule has 1 aromatic carbocycles. The van der Waals surface area contributed by atoms with Gasteiger partial charge in [-0.3, -0.25) is 5.41 Å². The van der Waals surface area contributed by atoms with Gasteiger partial charge in [-0.25, -0.2) is 9.50 Å². The third-order valence-corrected chi connectivity index (χ3v) is 3.03.